The molecule has 2 heterocycles. The van der Waals surface area contributed by atoms with Crippen molar-refractivity contribution in [2.45, 2.75) is 50.5 Å². The molecule has 2 amide bonds. The monoisotopic (exact) mass is 438 g/mol. The number of hydrogen-bond acceptors (Lipinski definition) is 4. The van der Waals surface area contributed by atoms with Crippen molar-refractivity contribution in [2.75, 3.05) is 20.1 Å². The van der Waals surface area contributed by atoms with Crippen LogP contribution in [0.15, 0.2) is 54.6 Å². The number of rotatable bonds is 7. The molecule has 0 bridgehead atoms. The number of nitrogens with one attached hydrogen (secondary N) is 2. The van der Waals surface area contributed by atoms with Gasteiger partial charge in [0, 0.05) is 44.7 Å². The van der Waals surface area contributed by atoms with Gasteiger partial charge in [-0.1, -0.05) is 42.5 Å². The second-order valence-electron chi connectivity index (χ2n) is 8.76. The third-order valence-corrected chi connectivity index (χ3v) is 6.69. The van der Waals surface area contributed by atoms with E-state index in [1.165, 1.54) is 12.1 Å². The van der Waals surface area contributed by atoms with Crippen molar-refractivity contribution in [3.05, 3.63) is 71.5 Å². The fourth-order valence-electron chi connectivity index (χ4n) is 4.83. The van der Waals surface area contributed by atoms with Crippen LogP contribution in [-0.4, -0.2) is 59.9 Å². The third-order valence-electron chi connectivity index (χ3n) is 6.69. The summed E-state index contributed by atoms with van der Waals surface area (Å²) in [7, 11) is 2.06. The summed E-state index contributed by atoms with van der Waals surface area (Å²) < 4.78 is 13.2. The van der Waals surface area contributed by atoms with Gasteiger partial charge in [0.2, 0.25) is 11.8 Å². The molecular weight excluding hydrogens is 407 g/mol. The summed E-state index contributed by atoms with van der Waals surface area (Å²) in [5.41, 5.74) is 2.08. The van der Waals surface area contributed by atoms with Gasteiger partial charge in [-0.25, -0.2) is 4.39 Å². The summed E-state index contributed by atoms with van der Waals surface area (Å²) >= 11 is 0. The lowest BCUT2D eigenvalue weighted by atomic mass is 10.0. The molecule has 0 spiro atoms. The van der Waals surface area contributed by atoms with Crippen molar-refractivity contribution in [1.82, 2.24) is 20.4 Å². The predicted molar refractivity (Wildman–Crippen MR) is 121 cm³/mol. The van der Waals surface area contributed by atoms with Crippen LogP contribution < -0.4 is 10.6 Å². The number of carbonyl (C=O) groups is 2. The minimum Gasteiger partial charge on any atom is -0.353 e. The van der Waals surface area contributed by atoms with Crippen molar-refractivity contribution >= 4 is 11.8 Å². The van der Waals surface area contributed by atoms with E-state index in [1.54, 1.807) is 12.1 Å². The van der Waals surface area contributed by atoms with Crippen LogP contribution in [0.25, 0.3) is 0 Å². The molecule has 170 valence electrons. The Balaban J connectivity index is 1.32. The first-order chi connectivity index (χ1) is 15.5. The van der Waals surface area contributed by atoms with Gasteiger partial charge in [0.05, 0.1) is 0 Å². The maximum absolute atomic E-state index is 13.2. The lowest BCUT2D eigenvalue weighted by molar-refractivity contribution is -0.126. The van der Waals surface area contributed by atoms with Crippen LogP contribution in [0.3, 0.4) is 0 Å². The number of benzene rings is 2. The molecule has 7 heteroatoms. The molecule has 4 rings (SSSR count). The number of likely N-dealkylation sites (N-methyl/N-ethyl adjacent to an activating group) is 1. The second kappa shape index (κ2) is 10.2. The zero-order chi connectivity index (χ0) is 22.5. The molecule has 32 heavy (non-hydrogen) atoms. The van der Waals surface area contributed by atoms with Crippen LogP contribution in [0, 0.1) is 5.82 Å². The van der Waals surface area contributed by atoms with Crippen LogP contribution in [0.4, 0.5) is 4.39 Å². The largest absolute Gasteiger partial charge is 0.353 e. The van der Waals surface area contributed by atoms with Crippen molar-refractivity contribution in [3.8, 4) is 0 Å². The molecule has 2 fully saturated rings. The summed E-state index contributed by atoms with van der Waals surface area (Å²) in [6.07, 6.45) is 2.01. The van der Waals surface area contributed by atoms with Gasteiger partial charge in [0.25, 0.3) is 0 Å². The molecule has 0 aromatic heterocycles. The van der Waals surface area contributed by atoms with Gasteiger partial charge in [0.1, 0.15) is 11.9 Å². The fraction of sp³-hybridized carbons (Fsp3) is 0.440. The predicted octanol–water partition coefficient (Wildman–Crippen LogP) is 2.30. The van der Waals surface area contributed by atoms with E-state index in [2.05, 4.69) is 27.5 Å². The maximum atomic E-state index is 13.2. The summed E-state index contributed by atoms with van der Waals surface area (Å²) in [5.74, 6) is -0.188. The maximum Gasteiger partial charge on any atom is 0.239 e. The van der Waals surface area contributed by atoms with Crippen molar-refractivity contribution in [3.63, 3.8) is 0 Å². The number of likely N-dealkylation sites (tertiary alicyclic amines) is 1. The molecule has 6 nitrogen and oxygen atoms in total. The Morgan fingerprint density at radius 1 is 1.12 bits per heavy atom. The Hall–Kier alpha value is -2.77. The molecule has 2 aliphatic rings. The van der Waals surface area contributed by atoms with Crippen molar-refractivity contribution < 1.29 is 14.0 Å². The Bertz CT molecular complexity index is 921. The summed E-state index contributed by atoms with van der Waals surface area (Å²) in [5, 5.41) is 6.07. The zero-order valence-electron chi connectivity index (χ0n) is 18.5. The molecule has 2 aromatic carbocycles. The van der Waals surface area contributed by atoms with Crippen LogP contribution in [0.5, 0.6) is 0 Å². The van der Waals surface area contributed by atoms with Gasteiger partial charge in [-0.2, -0.15) is 0 Å². The van der Waals surface area contributed by atoms with Crippen molar-refractivity contribution in [2.24, 2.45) is 0 Å². The number of amides is 2. The molecule has 2 aliphatic heterocycles. The van der Waals surface area contributed by atoms with Gasteiger partial charge in [0.15, 0.2) is 0 Å². The molecule has 2 aromatic rings. The average Bonchev–Trinajstić information content (AvgIpc) is 3.18. The van der Waals surface area contributed by atoms with Gasteiger partial charge in [-0.05, 0) is 43.1 Å². The zero-order valence-corrected chi connectivity index (χ0v) is 18.5. The lowest BCUT2D eigenvalue weighted by Crippen LogP contribution is -2.49. The minimum atomic E-state index is -0.254. The van der Waals surface area contributed by atoms with Crippen LogP contribution in [-0.2, 0) is 22.7 Å². The Labute approximate surface area is 188 Å². The van der Waals surface area contributed by atoms with E-state index in [0.29, 0.717) is 32.5 Å². The molecule has 0 radical (unpaired) electrons. The van der Waals surface area contributed by atoms with Crippen LogP contribution in [0.2, 0.25) is 0 Å². The van der Waals surface area contributed by atoms with E-state index in [4.69, 9.17) is 0 Å². The fourth-order valence-corrected chi connectivity index (χ4v) is 4.83. The standard InChI is InChI=1S/C25H31FN4O2/c1-29-21(11-12-23(31)27-15-18-5-3-2-4-6-18)16-28-25(32)24-22(29)13-14-30(24)17-19-7-9-20(26)10-8-19/h2-10,21-22,24H,11-17H2,1H3,(H,27,31)(H,28,32)/t21-,22-,24-/m0/s1. The van der Waals surface area contributed by atoms with Gasteiger partial charge in [-0.3, -0.25) is 19.4 Å². The minimum absolute atomic E-state index is 0.0266. The van der Waals surface area contributed by atoms with Gasteiger partial charge >= 0.3 is 0 Å². The molecule has 0 unspecified atom stereocenters. The molecular formula is C25H31FN4O2. The van der Waals surface area contributed by atoms with Crippen molar-refractivity contribution in [1.29, 1.82) is 0 Å². The molecule has 2 N–H and O–H groups in total. The summed E-state index contributed by atoms with van der Waals surface area (Å²) in [6, 6.07) is 16.3. The summed E-state index contributed by atoms with van der Waals surface area (Å²) in [4.78, 5) is 29.7. The van der Waals surface area contributed by atoms with E-state index in [9.17, 15) is 14.0 Å². The molecule has 3 atom stereocenters. The Morgan fingerprint density at radius 3 is 2.62 bits per heavy atom. The molecule has 0 aliphatic carbocycles. The Kier molecular flexibility index (Phi) is 7.17. The van der Waals surface area contributed by atoms with E-state index in [1.807, 2.05) is 30.3 Å². The number of hydrogen-bond donors (Lipinski definition) is 2. The summed E-state index contributed by atoms with van der Waals surface area (Å²) in [6.45, 7) is 2.50. The third kappa shape index (κ3) is 5.34. The number of nitrogens with zero attached hydrogens (tertiary/aromatic N) is 2. The topological polar surface area (TPSA) is 64.7 Å². The highest BCUT2D eigenvalue weighted by molar-refractivity contribution is 5.83. The highest BCUT2D eigenvalue weighted by atomic mass is 19.1. The smallest absolute Gasteiger partial charge is 0.239 e. The van der Waals surface area contributed by atoms with E-state index >= 15 is 0 Å². The first kappa shape index (κ1) is 22.4. The second-order valence-corrected chi connectivity index (χ2v) is 8.76. The molecule has 2 saturated heterocycles. The lowest BCUT2D eigenvalue weighted by Gasteiger charge is -2.33. The highest BCUT2D eigenvalue weighted by Gasteiger charge is 2.44. The normalized spacial score (nSPS) is 23.9. The number of carbonyl (C=O) groups excluding carboxylic acids is 2. The van der Waals surface area contributed by atoms with Gasteiger partial charge < -0.3 is 10.6 Å². The number of fused-ring (bicyclic) bond motifs is 1. The van der Waals surface area contributed by atoms with E-state index in [-0.39, 0.29) is 35.8 Å². The highest BCUT2D eigenvalue weighted by Crippen LogP contribution is 2.28. The van der Waals surface area contributed by atoms with Gasteiger partial charge in [-0.15, -0.1) is 0 Å². The van der Waals surface area contributed by atoms with E-state index < -0.39 is 0 Å². The first-order valence-corrected chi connectivity index (χ1v) is 11.3. The van der Waals surface area contributed by atoms with Crippen LogP contribution >= 0.6 is 0 Å². The number of halogens is 1. The SMILES string of the molecule is CN1[C@@H](CCC(=O)NCc2ccccc2)CNC(=O)[C@@H]2[C@@H]1CCN2Cc1ccc(F)cc1. The Morgan fingerprint density at radius 2 is 1.88 bits per heavy atom. The van der Waals surface area contributed by atoms with Crippen LogP contribution in [0.1, 0.15) is 30.4 Å². The average molecular weight is 439 g/mol. The molecule has 0 saturated carbocycles. The quantitative estimate of drug-likeness (QED) is 0.696. The van der Waals surface area contributed by atoms with E-state index in [0.717, 1.165) is 24.1 Å². The first-order valence-electron chi connectivity index (χ1n) is 11.3.